The summed E-state index contributed by atoms with van der Waals surface area (Å²) in [5.74, 6) is 2.28. The predicted molar refractivity (Wildman–Crippen MR) is 220 cm³/mol. The summed E-state index contributed by atoms with van der Waals surface area (Å²) in [5, 5.41) is 8.86. The quantitative estimate of drug-likeness (QED) is 0.0956. The Balaban J connectivity index is 1.48. The Labute approximate surface area is 320 Å². The van der Waals surface area contributed by atoms with E-state index in [1.807, 2.05) is 26.2 Å². The van der Waals surface area contributed by atoms with Gasteiger partial charge in [0.1, 0.15) is 11.5 Å². The second-order valence-corrected chi connectivity index (χ2v) is 15.4. The monoisotopic (exact) mass is 868 g/mol. The van der Waals surface area contributed by atoms with E-state index in [1.54, 1.807) is 0 Å². The minimum atomic E-state index is 0.559. The summed E-state index contributed by atoms with van der Waals surface area (Å²) >= 11 is 1.08. The number of ether oxygens (including phenoxy) is 1. The Hall–Kier alpha value is -4.56. The molecule has 4 aromatic rings. The molecule has 0 unspecified atom stereocenters. The van der Waals surface area contributed by atoms with Gasteiger partial charge in [0.05, 0.1) is 0 Å². The van der Waals surface area contributed by atoms with E-state index in [1.165, 1.54) is 33.4 Å². The van der Waals surface area contributed by atoms with Crippen LogP contribution in [0.15, 0.2) is 133 Å². The summed E-state index contributed by atoms with van der Waals surface area (Å²) in [7, 11) is 8.16. The summed E-state index contributed by atoms with van der Waals surface area (Å²) in [5.41, 5.74) is 15.4. The summed E-state index contributed by atoms with van der Waals surface area (Å²) < 4.78 is 7.58. The van der Waals surface area contributed by atoms with Gasteiger partial charge < -0.3 is 9.64 Å². The third-order valence-electron chi connectivity index (χ3n) is 9.48. The van der Waals surface area contributed by atoms with Gasteiger partial charge in [-0.1, -0.05) is 30.3 Å². The molecule has 257 valence electrons. The average molecular weight is 868 g/mol. The van der Waals surface area contributed by atoms with Crippen LogP contribution in [0.2, 0.25) is 3.98 Å². The van der Waals surface area contributed by atoms with Gasteiger partial charge in [0.15, 0.2) is 0 Å². The van der Waals surface area contributed by atoms with Crippen LogP contribution in [-0.2, 0) is 0 Å². The molecule has 5 heteroatoms. The third kappa shape index (κ3) is 8.50. The van der Waals surface area contributed by atoms with E-state index in [0.717, 1.165) is 99.7 Å². The first-order valence-electron chi connectivity index (χ1n) is 17.7. The van der Waals surface area contributed by atoms with Crippen molar-refractivity contribution in [1.29, 1.82) is 0 Å². The first-order chi connectivity index (χ1) is 24.6. The van der Waals surface area contributed by atoms with E-state index in [0.29, 0.717) is 5.75 Å². The van der Waals surface area contributed by atoms with Gasteiger partial charge in [-0.2, -0.15) is 0 Å². The molecule has 0 aromatic heterocycles. The number of hydrogen-bond donors (Lipinski definition) is 0. The molecule has 51 heavy (non-hydrogen) atoms. The number of hydrogen-bond acceptors (Lipinski definition) is 3. The van der Waals surface area contributed by atoms with Crippen molar-refractivity contribution in [3.8, 4) is 11.5 Å². The fraction of sp³-hybridized carbons (Fsp3) is 0.217. The van der Waals surface area contributed by atoms with Gasteiger partial charge in [0.25, 0.3) is 0 Å². The molecule has 0 bridgehead atoms. The van der Waals surface area contributed by atoms with Crippen LogP contribution in [0.1, 0.15) is 52.6 Å². The van der Waals surface area contributed by atoms with Crippen LogP contribution in [0.4, 0.5) is 11.4 Å². The SMILES string of the molecule is Cc1cc(C)cc(C2=C(/C=C/C(=C/[CH2][Pb])c3ccc(N(C)C)cc3[OH2+])CCC/C2=C\C=C2/C=C(c3ccccc3)Oc3cc(N(C)C)ccc32)c1. The third-order valence-corrected chi connectivity index (χ3v) is 10.3. The Morgan fingerprint density at radius 1 is 0.804 bits per heavy atom. The number of aryl methyl sites for hydroxylation is 2. The number of fused-ring (bicyclic) bond motifs is 1. The van der Waals surface area contributed by atoms with Crippen molar-refractivity contribution < 1.29 is 9.84 Å². The molecule has 6 rings (SSSR count). The molecule has 1 heterocycles. The Kier molecular flexibility index (Phi) is 11.5. The van der Waals surface area contributed by atoms with E-state index < -0.39 is 0 Å². The molecule has 4 nitrogen and oxygen atoms in total. The predicted octanol–water partition coefficient (Wildman–Crippen LogP) is 10.5. The number of anilines is 2. The van der Waals surface area contributed by atoms with Gasteiger partial charge in [-0.15, -0.1) is 0 Å². The van der Waals surface area contributed by atoms with Crippen molar-refractivity contribution in [1.82, 2.24) is 0 Å². The zero-order chi connectivity index (χ0) is 36.1. The van der Waals surface area contributed by atoms with Gasteiger partial charge in [0, 0.05) is 31.4 Å². The summed E-state index contributed by atoms with van der Waals surface area (Å²) in [6.07, 6.45) is 16.8. The van der Waals surface area contributed by atoms with Gasteiger partial charge >= 0.3 is 227 Å². The van der Waals surface area contributed by atoms with Crippen LogP contribution < -0.4 is 14.5 Å². The normalized spacial score (nSPS) is 16.4. The molecular weight excluding hydrogens is 820 g/mol. The first-order valence-corrected chi connectivity index (χ1v) is 20.4. The zero-order valence-corrected chi connectivity index (χ0v) is 34.6. The molecular formula is C46H48N2O2Pb+. The number of nitrogens with zero attached hydrogens (tertiary/aromatic N) is 2. The van der Waals surface area contributed by atoms with E-state index in [-0.39, 0.29) is 0 Å². The van der Waals surface area contributed by atoms with Crippen LogP contribution >= 0.6 is 0 Å². The Bertz CT molecular complexity index is 2090. The topological polar surface area (TPSA) is 38.6 Å². The first kappa shape index (κ1) is 36.2. The summed E-state index contributed by atoms with van der Waals surface area (Å²) in [6, 6.07) is 29.9. The number of allylic oxidation sites excluding steroid dienone is 11. The minimum absolute atomic E-state index is 0.559. The van der Waals surface area contributed by atoms with Gasteiger partial charge in [-0.3, -0.25) is 0 Å². The van der Waals surface area contributed by atoms with E-state index in [4.69, 9.17) is 9.84 Å². The molecule has 0 atom stereocenters. The molecule has 2 aliphatic rings. The molecule has 0 saturated carbocycles. The number of benzene rings is 4. The zero-order valence-electron chi connectivity index (χ0n) is 30.7. The Morgan fingerprint density at radius 2 is 1.51 bits per heavy atom. The van der Waals surface area contributed by atoms with Gasteiger partial charge in [-0.05, 0) is 12.1 Å². The van der Waals surface area contributed by atoms with Crippen LogP contribution in [0.3, 0.4) is 0 Å². The van der Waals surface area contributed by atoms with Crippen LogP contribution in [-0.4, -0.2) is 59.1 Å². The average Bonchev–Trinajstić information content (AvgIpc) is 3.11. The maximum atomic E-state index is 8.86. The molecule has 4 aromatic carbocycles. The van der Waals surface area contributed by atoms with Crippen molar-refractivity contribution in [2.45, 2.75) is 37.1 Å². The van der Waals surface area contributed by atoms with Crippen molar-refractivity contribution in [2.75, 3.05) is 38.0 Å². The van der Waals surface area contributed by atoms with Crippen molar-refractivity contribution in [3.63, 3.8) is 0 Å². The van der Waals surface area contributed by atoms with Gasteiger partial charge in [-0.25, -0.2) is 0 Å². The number of rotatable bonds is 9. The van der Waals surface area contributed by atoms with E-state index >= 15 is 0 Å². The van der Waals surface area contributed by atoms with Gasteiger partial charge in [0.2, 0.25) is 0 Å². The van der Waals surface area contributed by atoms with E-state index in [2.05, 4.69) is 147 Å². The fourth-order valence-electron chi connectivity index (χ4n) is 6.93. The molecule has 0 spiro atoms. The molecule has 3 radical (unpaired) electrons. The summed E-state index contributed by atoms with van der Waals surface area (Å²) in [6.45, 7) is 4.38. The molecule has 1 aliphatic heterocycles. The van der Waals surface area contributed by atoms with Crippen LogP contribution in [0.5, 0.6) is 11.5 Å². The molecule has 2 N–H and O–H groups in total. The standard InChI is InChI=1S/C46H47N2O2.Pb/c1-8-33(41-23-21-39(47(4)5)29-43(41)49)17-18-35-15-12-16-36(46(35)38-26-31(2)25-32(3)27-38)19-20-37-28-44(34-13-10-9-11-14-34)50-45-30-40(48(6)7)22-24-42(37)45;/h8-11,13-14,17-30,49H,1,12,15-16H2,2-7H3;/p+1/b18-17+,33-8-,36-19+,37-20+;. The van der Waals surface area contributed by atoms with Crippen molar-refractivity contribution in [2.24, 2.45) is 0 Å². The van der Waals surface area contributed by atoms with E-state index in [9.17, 15) is 0 Å². The molecule has 0 amide bonds. The summed E-state index contributed by atoms with van der Waals surface area (Å²) in [4.78, 5) is 4.17. The van der Waals surface area contributed by atoms with Crippen LogP contribution in [0.25, 0.3) is 22.5 Å². The fourth-order valence-corrected chi connectivity index (χ4v) is 7.79. The second-order valence-electron chi connectivity index (χ2n) is 13.8. The molecule has 0 saturated heterocycles. The molecule has 0 fully saturated rings. The van der Waals surface area contributed by atoms with Crippen molar-refractivity contribution >= 4 is 59.6 Å². The maximum absolute atomic E-state index is 8.86. The van der Waals surface area contributed by atoms with Crippen LogP contribution in [0, 0.1) is 13.8 Å². The Morgan fingerprint density at radius 3 is 2.20 bits per heavy atom. The van der Waals surface area contributed by atoms with Crippen molar-refractivity contribution in [3.05, 3.63) is 166 Å². The second kappa shape index (κ2) is 16.2. The molecule has 1 aliphatic carbocycles.